The van der Waals surface area contributed by atoms with Gasteiger partial charge >= 0.3 is 0 Å². The third kappa shape index (κ3) is 1.97. The monoisotopic (exact) mass is 233 g/mol. The van der Waals surface area contributed by atoms with E-state index in [9.17, 15) is 9.18 Å². The largest absolute Gasteiger partial charge is 0.358 e. The molecule has 1 aromatic heterocycles. The van der Waals surface area contributed by atoms with Gasteiger partial charge in [0.2, 0.25) is 0 Å². The minimum absolute atomic E-state index is 0.0341. The number of aromatic amines is 1. The lowest BCUT2D eigenvalue weighted by molar-refractivity contribution is 0.0859. The molecule has 0 aliphatic carbocycles. The third-order valence-corrected chi connectivity index (χ3v) is 2.86. The fourth-order valence-electron chi connectivity index (χ4n) is 1.97. The Morgan fingerprint density at radius 1 is 1.29 bits per heavy atom. The van der Waals surface area contributed by atoms with E-state index in [1.165, 1.54) is 12.1 Å². The Morgan fingerprint density at radius 3 is 2.53 bits per heavy atom. The molecule has 2 aromatic rings. The summed E-state index contributed by atoms with van der Waals surface area (Å²) in [7, 11) is 0. The summed E-state index contributed by atoms with van der Waals surface area (Å²) in [5.41, 5.74) is 1.74. The Morgan fingerprint density at radius 2 is 1.94 bits per heavy atom. The van der Waals surface area contributed by atoms with E-state index in [2.05, 4.69) is 4.98 Å². The molecule has 0 amide bonds. The number of hydrogen-bond donors (Lipinski definition) is 1. The average Bonchev–Trinajstić information content (AvgIpc) is 2.51. The molecule has 0 aliphatic heterocycles. The Bertz CT molecular complexity index is 590. The first-order chi connectivity index (χ1) is 7.80. The summed E-state index contributed by atoms with van der Waals surface area (Å²) in [6.45, 7) is 7.45. The van der Waals surface area contributed by atoms with Gasteiger partial charge in [-0.15, -0.1) is 0 Å². The van der Waals surface area contributed by atoms with Gasteiger partial charge in [-0.1, -0.05) is 20.8 Å². The van der Waals surface area contributed by atoms with E-state index in [0.29, 0.717) is 10.9 Å². The Balaban J connectivity index is 2.72. The van der Waals surface area contributed by atoms with Crippen LogP contribution in [0, 0.1) is 18.2 Å². The van der Waals surface area contributed by atoms with Crippen LogP contribution in [-0.4, -0.2) is 10.8 Å². The van der Waals surface area contributed by atoms with Crippen LogP contribution in [0.15, 0.2) is 18.2 Å². The number of aromatic nitrogens is 1. The summed E-state index contributed by atoms with van der Waals surface area (Å²) in [4.78, 5) is 15.5. The average molecular weight is 233 g/mol. The molecule has 2 nitrogen and oxygen atoms in total. The first kappa shape index (κ1) is 11.8. The zero-order valence-corrected chi connectivity index (χ0v) is 10.5. The van der Waals surface area contributed by atoms with Crippen molar-refractivity contribution in [3.63, 3.8) is 0 Å². The molecular formula is C14H16FNO. The normalized spacial score (nSPS) is 12.1. The minimum Gasteiger partial charge on any atom is -0.358 e. The molecule has 0 unspecified atom stereocenters. The van der Waals surface area contributed by atoms with Crippen molar-refractivity contribution in [1.82, 2.24) is 4.98 Å². The van der Waals surface area contributed by atoms with E-state index >= 15 is 0 Å². The number of benzene rings is 1. The first-order valence-corrected chi connectivity index (χ1v) is 5.63. The standard InChI is InChI=1S/C14H16FNO/c1-8-12(13(17)14(2,3)4)10-7-9(15)5-6-11(10)16-8/h5-7,16H,1-4H3. The van der Waals surface area contributed by atoms with Crippen molar-refractivity contribution in [3.05, 3.63) is 35.3 Å². The highest BCUT2D eigenvalue weighted by atomic mass is 19.1. The number of H-pyrrole nitrogens is 1. The number of fused-ring (bicyclic) bond motifs is 1. The number of aryl methyl sites for hydroxylation is 1. The van der Waals surface area contributed by atoms with Crippen molar-refractivity contribution in [3.8, 4) is 0 Å². The quantitative estimate of drug-likeness (QED) is 0.746. The molecule has 0 saturated carbocycles. The maximum atomic E-state index is 13.3. The summed E-state index contributed by atoms with van der Waals surface area (Å²) in [5.74, 6) is -0.286. The van der Waals surface area contributed by atoms with Crippen LogP contribution < -0.4 is 0 Å². The molecule has 0 fully saturated rings. The SMILES string of the molecule is Cc1[nH]c2ccc(F)cc2c1C(=O)C(C)(C)C. The lowest BCUT2D eigenvalue weighted by Gasteiger charge is -2.16. The van der Waals surface area contributed by atoms with E-state index in [1.54, 1.807) is 6.07 Å². The van der Waals surface area contributed by atoms with E-state index in [4.69, 9.17) is 0 Å². The van der Waals surface area contributed by atoms with Gasteiger partial charge in [-0.3, -0.25) is 4.79 Å². The summed E-state index contributed by atoms with van der Waals surface area (Å²) in [6, 6.07) is 4.47. The van der Waals surface area contributed by atoms with Gasteiger partial charge in [-0.25, -0.2) is 4.39 Å². The van der Waals surface area contributed by atoms with E-state index in [-0.39, 0.29) is 11.6 Å². The summed E-state index contributed by atoms with van der Waals surface area (Å²) in [6.07, 6.45) is 0. The van der Waals surface area contributed by atoms with Crippen molar-refractivity contribution in [2.45, 2.75) is 27.7 Å². The number of hydrogen-bond acceptors (Lipinski definition) is 1. The smallest absolute Gasteiger partial charge is 0.170 e. The number of Topliss-reactive ketones (excluding diaryl/α,β-unsaturated/α-hetero) is 1. The van der Waals surface area contributed by atoms with Crippen molar-refractivity contribution < 1.29 is 9.18 Å². The first-order valence-electron chi connectivity index (χ1n) is 5.63. The number of rotatable bonds is 1. The van der Waals surface area contributed by atoms with Gasteiger partial charge in [0, 0.05) is 27.6 Å². The van der Waals surface area contributed by atoms with Gasteiger partial charge in [0.25, 0.3) is 0 Å². The molecule has 17 heavy (non-hydrogen) atoms. The van der Waals surface area contributed by atoms with E-state index in [0.717, 1.165) is 11.2 Å². The highest BCUT2D eigenvalue weighted by Crippen LogP contribution is 2.29. The second-order valence-corrected chi connectivity index (χ2v) is 5.39. The molecule has 0 spiro atoms. The van der Waals surface area contributed by atoms with Crippen LogP contribution in [0.25, 0.3) is 10.9 Å². The van der Waals surface area contributed by atoms with Gasteiger partial charge < -0.3 is 4.98 Å². The van der Waals surface area contributed by atoms with Crippen molar-refractivity contribution >= 4 is 16.7 Å². The lowest BCUT2D eigenvalue weighted by atomic mass is 9.85. The van der Waals surface area contributed by atoms with Crippen molar-refractivity contribution in [2.24, 2.45) is 5.41 Å². The summed E-state index contributed by atoms with van der Waals surface area (Å²) < 4.78 is 13.3. The van der Waals surface area contributed by atoms with Crippen molar-refractivity contribution in [1.29, 1.82) is 0 Å². The van der Waals surface area contributed by atoms with Crippen LogP contribution in [0.3, 0.4) is 0 Å². The zero-order valence-electron chi connectivity index (χ0n) is 10.5. The molecule has 0 aliphatic rings. The zero-order chi connectivity index (χ0) is 12.8. The number of halogens is 1. The Kier molecular flexibility index (Phi) is 2.57. The summed E-state index contributed by atoms with van der Waals surface area (Å²) in [5, 5.41) is 0.669. The highest BCUT2D eigenvalue weighted by Gasteiger charge is 2.27. The second kappa shape index (κ2) is 3.69. The third-order valence-electron chi connectivity index (χ3n) is 2.86. The van der Waals surface area contributed by atoms with Crippen LogP contribution in [0.4, 0.5) is 4.39 Å². The Labute approximate surface area is 99.8 Å². The van der Waals surface area contributed by atoms with Crippen LogP contribution >= 0.6 is 0 Å². The molecule has 0 saturated heterocycles. The van der Waals surface area contributed by atoms with Crippen LogP contribution in [-0.2, 0) is 0 Å². The van der Waals surface area contributed by atoms with Crippen LogP contribution in [0.1, 0.15) is 36.8 Å². The molecule has 1 N–H and O–H groups in total. The topological polar surface area (TPSA) is 32.9 Å². The van der Waals surface area contributed by atoms with Gasteiger partial charge in [-0.2, -0.15) is 0 Å². The summed E-state index contributed by atoms with van der Waals surface area (Å²) >= 11 is 0. The molecule has 1 aromatic carbocycles. The molecule has 90 valence electrons. The molecule has 1 heterocycles. The lowest BCUT2D eigenvalue weighted by Crippen LogP contribution is -2.20. The van der Waals surface area contributed by atoms with E-state index < -0.39 is 5.41 Å². The van der Waals surface area contributed by atoms with Gasteiger partial charge in [0.15, 0.2) is 5.78 Å². The van der Waals surface area contributed by atoms with Crippen LogP contribution in [0.2, 0.25) is 0 Å². The molecule has 3 heteroatoms. The number of nitrogens with one attached hydrogen (secondary N) is 1. The highest BCUT2D eigenvalue weighted by molar-refractivity contribution is 6.11. The van der Waals surface area contributed by atoms with Gasteiger partial charge in [0.05, 0.1) is 0 Å². The molecular weight excluding hydrogens is 217 g/mol. The second-order valence-electron chi connectivity index (χ2n) is 5.39. The van der Waals surface area contributed by atoms with Gasteiger partial charge in [0.1, 0.15) is 5.82 Å². The molecule has 0 radical (unpaired) electrons. The van der Waals surface area contributed by atoms with Crippen molar-refractivity contribution in [2.75, 3.05) is 0 Å². The molecule has 2 rings (SSSR count). The van der Waals surface area contributed by atoms with Crippen LogP contribution in [0.5, 0.6) is 0 Å². The Hall–Kier alpha value is -1.64. The van der Waals surface area contributed by atoms with Gasteiger partial charge in [-0.05, 0) is 25.1 Å². The molecule has 0 atom stereocenters. The maximum absolute atomic E-state index is 13.3. The number of carbonyl (C=O) groups excluding carboxylic acids is 1. The maximum Gasteiger partial charge on any atom is 0.170 e. The predicted octanol–water partition coefficient (Wildman–Crippen LogP) is 3.84. The number of ketones is 1. The minimum atomic E-state index is -0.466. The molecule has 0 bridgehead atoms. The fourth-order valence-corrected chi connectivity index (χ4v) is 1.97. The fraction of sp³-hybridized carbons (Fsp3) is 0.357. The number of carbonyl (C=O) groups is 1. The predicted molar refractivity (Wildman–Crippen MR) is 66.8 cm³/mol. The van der Waals surface area contributed by atoms with E-state index in [1.807, 2.05) is 27.7 Å².